The number of unbranched alkanes of at least 4 members (excludes halogenated alkanes) is 1. The van der Waals surface area contributed by atoms with Gasteiger partial charge >= 0.3 is 0 Å². The van der Waals surface area contributed by atoms with Crippen molar-refractivity contribution in [3.8, 4) is 5.75 Å². The number of carbonyl (C=O) groups excluding carboxylic acids is 1. The molecular formula is C15H23NO3. The van der Waals surface area contributed by atoms with Gasteiger partial charge in [0.1, 0.15) is 12.4 Å². The van der Waals surface area contributed by atoms with Crippen molar-refractivity contribution in [2.75, 3.05) is 13.2 Å². The van der Waals surface area contributed by atoms with Crippen LogP contribution in [0.1, 0.15) is 43.0 Å². The number of rotatable bonds is 9. The summed E-state index contributed by atoms with van der Waals surface area (Å²) in [4.78, 5) is 11.7. The molecule has 0 aliphatic heterocycles. The van der Waals surface area contributed by atoms with Crippen molar-refractivity contribution < 1.29 is 14.6 Å². The van der Waals surface area contributed by atoms with E-state index in [1.165, 1.54) is 0 Å². The lowest BCUT2D eigenvalue weighted by Crippen LogP contribution is -2.17. The molecule has 1 aromatic rings. The third-order valence-corrected chi connectivity index (χ3v) is 2.86. The summed E-state index contributed by atoms with van der Waals surface area (Å²) < 4.78 is 5.50. The minimum absolute atomic E-state index is 0.0134. The Bertz CT molecular complexity index is 393. The van der Waals surface area contributed by atoms with E-state index in [2.05, 4.69) is 6.92 Å². The van der Waals surface area contributed by atoms with Gasteiger partial charge in [-0.2, -0.15) is 0 Å². The molecule has 1 aromatic carbocycles. The molecule has 19 heavy (non-hydrogen) atoms. The number of nitrogens with two attached hydrogens (primary N) is 1. The fraction of sp³-hybridized carbons (Fsp3) is 0.533. The van der Waals surface area contributed by atoms with Gasteiger partial charge in [0.25, 0.3) is 0 Å². The van der Waals surface area contributed by atoms with Gasteiger partial charge in [0.2, 0.25) is 0 Å². The first kappa shape index (κ1) is 15.7. The van der Waals surface area contributed by atoms with E-state index in [-0.39, 0.29) is 12.4 Å². The number of aliphatic hydroxyl groups is 1. The Kier molecular flexibility index (Phi) is 7.15. The molecule has 1 unspecified atom stereocenters. The predicted molar refractivity (Wildman–Crippen MR) is 75.5 cm³/mol. The number of aliphatic hydroxyl groups excluding tert-OH is 1. The number of Topliss-reactive ketones (excluding diaryl/α,β-unsaturated/α-hetero) is 1. The van der Waals surface area contributed by atoms with Crippen molar-refractivity contribution in [2.45, 2.75) is 38.7 Å². The topological polar surface area (TPSA) is 72.5 Å². The smallest absolute Gasteiger partial charge is 0.164 e. The Morgan fingerprint density at radius 2 is 2.26 bits per heavy atom. The number of hydrogen-bond acceptors (Lipinski definition) is 4. The highest BCUT2D eigenvalue weighted by atomic mass is 16.5. The summed E-state index contributed by atoms with van der Waals surface area (Å²) in [6, 6.07) is 7.01. The molecule has 0 aliphatic carbocycles. The predicted octanol–water partition coefficient (Wildman–Crippen LogP) is 2.15. The van der Waals surface area contributed by atoms with Gasteiger partial charge in [-0.25, -0.2) is 0 Å². The lowest BCUT2D eigenvalue weighted by atomic mass is 10.1. The number of benzene rings is 1. The molecule has 1 atom stereocenters. The lowest BCUT2D eigenvalue weighted by Gasteiger charge is -2.12. The molecular weight excluding hydrogens is 242 g/mol. The van der Waals surface area contributed by atoms with Crippen molar-refractivity contribution in [1.82, 2.24) is 0 Å². The van der Waals surface area contributed by atoms with Crippen molar-refractivity contribution >= 4 is 5.78 Å². The summed E-state index contributed by atoms with van der Waals surface area (Å²) in [5, 5.41) is 9.70. The maximum atomic E-state index is 11.7. The first-order chi connectivity index (χ1) is 9.17. The molecule has 0 heterocycles. The van der Waals surface area contributed by atoms with Crippen molar-refractivity contribution in [3.05, 3.63) is 29.8 Å². The minimum Gasteiger partial charge on any atom is -0.491 e. The molecule has 0 bridgehead atoms. The molecule has 4 heteroatoms. The van der Waals surface area contributed by atoms with Crippen LogP contribution >= 0.6 is 0 Å². The zero-order chi connectivity index (χ0) is 14.1. The molecule has 3 N–H and O–H groups in total. The number of ether oxygens (including phenoxy) is 1. The van der Waals surface area contributed by atoms with Crippen LogP contribution in [0.5, 0.6) is 5.75 Å². The average Bonchev–Trinajstić information content (AvgIpc) is 2.43. The minimum atomic E-state index is -0.455. The summed E-state index contributed by atoms with van der Waals surface area (Å²) in [6.07, 6.45) is 2.66. The van der Waals surface area contributed by atoms with Crippen LogP contribution in [0.15, 0.2) is 24.3 Å². The Hall–Kier alpha value is -1.39. The number of carbonyl (C=O) groups is 1. The quantitative estimate of drug-likeness (QED) is 0.671. The molecule has 0 saturated carbocycles. The van der Waals surface area contributed by atoms with Crippen LogP contribution in [0.2, 0.25) is 0 Å². The monoisotopic (exact) mass is 265 g/mol. The lowest BCUT2D eigenvalue weighted by molar-refractivity contribution is 0.0969. The molecule has 0 amide bonds. The van der Waals surface area contributed by atoms with Crippen LogP contribution in [0.3, 0.4) is 0 Å². The van der Waals surface area contributed by atoms with Gasteiger partial charge in [0.05, 0.1) is 6.10 Å². The van der Waals surface area contributed by atoms with Crippen molar-refractivity contribution in [2.24, 2.45) is 5.73 Å². The molecule has 4 nitrogen and oxygen atoms in total. The van der Waals surface area contributed by atoms with Crippen LogP contribution in [-0.2, 0) is 0 Å². The highest BCUT2D eigenvalue weighted by Gasteiger charge is 2.08. The van der Waals surface area contributed by atoms with E-state index in [0.29, 0.717) is 24.3 Å². The van der Waals surface area contributed by atoms with E-state index in [4.69, 9.17) is 10.5 Å². The summed E-state index contributed by atoms with van der Waals surface area (Å²) in [6.45, 7) is 2.69. The summed E-state index contributed by atoms with van der Waals surface area (Å²) in [5.74, 6) is 0.623. The van der Waals surface area contributed by atoms with E-state index in [1.807, 2.05) is 0 Å². The Morgan fingerprint density at radius 1 is 1.47 bits per heavy atom. The van der Waals surface area contributed by atoms with Gasteiger partial charge in [-0.05, 0) is 25.1 Å². The standard InChI is InChI=1S/C15H23NO3/c1-2-3-6-13(17)11-19-14-7-4-5-12(10-14)15(18)8-9-16/h4-5,7,10,13,17H,2-3,6,8-9,11,16H2,1H3. The zero-order valence-corrected chi connectivity index (χ0v) is 11.5. The molecule has 0 fully saturated rings. The maximum absolute atomic E-state index is 11.7. The number of ketones is 1. The summed E-state index contributed by atoms with van der Waals surface area (Å²) >= 11 is 0. The van der Waals surface area contributed by atoms with Gasteiger partial charge in [-0.1, -0.05) is 31.9 Å². The van der Waals surface area contributed by atoms with Gasteiger partial charge in [0.15, 0.2) is 5.78 Å². The second-order valence-corrected chi connectivity index (χ2v) is 4.60. The van der Waals surface area contributed by atoms with Crippen molar-refractivity contribution in [3.63, 3.8) is 0 Å². The SMILES string of the molecule is CCCCC(O)COc1cccc(C(=O)CCN)c1. The van der Waals surface area contributed by atoms with E-state index in [1.54, 1.807) is 24.3 Å². The van der Waals surface area contributed by atoms with Gasteiger partial charge in [-0.3, -0.25) is 4.79 Å². The molecule has 0 saturated heterocycles. The van der Waals surface area contributed by atoms with Gasteiger partial charge in [-0.15, -0.1) is 0 Å². The Labute approximate surface area is 114 Å². The third kappa shape index (κ3) is 5.85. The molecule has 0 spiro atoms. The van der Waals surface area contributed by atoms with Gasteiger partial charge < -0.3 is 15.6 Å². The summed E-state index contributed by atoms with van der Waals surface area (Å²) in [5.41, 5.74) is 5.97. The highest BCUT2D eigenvalue weighted by Crippen LogP contribution is 2.15. The average molecular weight is 265 g/mol. The van der Waals surface area contributed by atoms with Gasteiger partial charge in [0, 0.05) is 12.0 Å². The van der Waals surface area contributed by atoms with Crippen LogP contribution in [0.4, 0.5) is 0 Å². The summed E-state index contributed by atoms with van der Waals surface area (Å²) in [7, 11) is 0. The van der Waals surface area contributed by atoms with Crippen LogP contribution in [0, 0.1) is 0 Å². The molecule has 1 rings (SSSR count). The molecule has 0 aromatic heterocycles. The fourth-order valence-electron chi connectivity index (χ4n) is 1.75. The number of hydrogen-bond donors (Lipinski definition) is 2. The zero-order valence-electron chi connectivity index (χ0n) is 11.5. The van der Waals surface area contributed by atoms with Crippen LogP contribution in [0.25, 0.3) is 0 Å². The maximum Gasteiger partial charge on any atom is 0.164 e. The van der Waals surface area contributed by atoms with E-state index in [0.717, 1.165) is 19.3 Å². The van der Waals surface area contributed by atoms with E-state index < -0.39 is 6.10 Å². The molecule has 106 valence electrons. The third-order valence-electron chi connectivity index (χ3n) is 2.86. The first-order valence-electron chi connectivity index (χ1n) is 6.81. The van der Waals surface area contributed by atoms with E-state index in [9.17, 15) is 9.90 Å². The Morgan fingerprint density at radius 3 is 2.95 bits per heavy atom. The van der Waals surface area contributed by atoms with Crippen molar-refractivity contribution in [1.29, 1.82) is 0 Å². The van der Waals surface area contributed by atoms with Crippen LogP contribution < -0.4 is 10.5 Å². The molecule has 0 aliphatic rings. The van der Waals surface area contributed by atoms with Crippen LogP contribution in [-0.4, -0.2) is 30.1 Å². The fourth-order valence-corrected chi connectivity index (χ4v) is 1.75. The first-order valence-corrected chi connectivity index (χ1v) is 6.81. The molecule has 0 radical (unpaired) electrons. The second-order valence-electron chi connectivity index (χ2n) is 4.60. The largest absolute Gasteiger partial charge is 0.491 e. The van der Waals surface area contributed by atoms with E-state index >= 15 is 0 Å². The normalized spacial score (nSPS) is 12.2. The second kappa shape index (κ2) is 8.67. The Balaban J connectivity index is 2.50. The highest BCUT2D eigenvalue weighted by molar-refractivity contribution is 5.96.